The average Bonchev–Trinajstić information content (AvgIpc) is 2.89. The molecule has 0 radical (unpaired) electrons. The van der Waals surface area contributed by atoms with Crippen LogP contribution in [0.25, 0.3) is 10.8 Å². The number of nitrogens with one attached hydrogen (secondary N) is 1. The molecule has 0 aromatic heterocycles. The van der Waals surface area contributed by atoms with Crippen molar-refractivity contribution in [3.63, 3.8) is 0 Å². The molecule has 0 aliphatic rings. The van der Waals surface area contributed by atoms with Gasteiger partial charge in [-0.3, -0.25) is 13.9 Å². The van der Waals surface area contributed by atoms with Crippen molar-refractivity contribution >= 4 is 61.6 Å². The van der Waals surface area contributed by atoms with Crippen molar-refractivity contribution in [1.82, 2.24) is 5.32 Å². The number of fused-ring (bicyclic) bond motifs is 1. The summed E-state index contributed by atoms with van der Waals surface area (Å²) in [6, 6.07) is 21.0. The Balaban J connectivity index is 1.66. The van der Waals surface area contributed by atoms with E-state index in [2.05, 4.69) is 5.32 Å². The Morgan fingerprint density at radius 2 is 1.55 bits per heavy atom. The van der Waals surface area contributed by atoms with E-state index in [9.17, 15) is 23.1 Å². The number of carbonyl (C=O) groups is 2. The van der Waals surface area contributed by atoms with Gasteiger partial charge >= 0.3 is 5.97 Å². The predicted molar refractivity (Wildman–Crippen MR) is 148 cm³/mol. The number of halogens is 2. The second kappa shape index (κ2) is 11.4. The lowest BCUT2D eigenvalue weighted by molar-refractivity contribution is -0.135. The smallest absolute Gasteiger partial charge is 0.324 e. The van der Waals surface area contributed by atoms with Gasteiger partial charge in [0.1, 0.15) is 6.54 Å². The minimum absolute atomic E-state index is 0.0934. The van der Waals surface area contributed by atoms with Gasteiger partial charge < -0.3 is 16.2 Å². The third-order valence-electron chi connectivity index (χ3n) is 5.81. The van der Waals surface area contributed by atoms with E-state index in [0.29, 0.717) is 29.4 Å². The van der Waals surface area contributed by atoms with Crippen LogP contribution in [0.15, 0.2) is 83.8 Å². The van der Waals surface area contributed by atoms with Gasteiger partial charge in [0.25, 0.3) is 15.9 Å². The molecule has 0 saturated heterocycles. The van der Waals surface area contributed by atoms with Crippen LogP contribution in [-0.4, -0.2) is 31.9 Å². The molecule has 0 atom stereocenters. The van der Waals surface area contributed by atoms with Crippen LogP contribution in [0.2, 0.25) is 10.0 Å². The summed E-state index contributed by atoms with van der Waals surface area (Å²) in [6.45, 7) is -0.0885. The van der Waals surface area contributed by atoms with E-state index in [0.717, 1.165) is 15.4 Å². The van der Waals surface area contributed by atoms with E-state index >= 15 is 0 Å². The lowest BCUT2D eigenvalue weighted by Gasteiger charge is -2.23. The van der Waals surface area contributed by atoms with Crippen LogP contribution in [0.5, 0.6) is 0 Å². The molecule has 11 heteroatoms. The predicted octanol–water partition coefficient (Wildman–Crippen LogP) is 4.82. The number of aliphatic carboxylic acids is 1. The molecule has 196 valence electrons. The Kier molecular flexibility index (Phi) is 8.23. The molecular formula is C27H23Cl2N3O5S. The maximum absolute atomic E-state index is 13.4. The van der Waals surface area contributed by atoms with Gasteiger partial charge in [-0.1, -0.05) is 65.7 Å². The van der Waals surface area contributed by atoms with Crippen molar-refractivity contribution in [3.8, 4) is 0 Å². The molecule has 4 rings (SSSR count). The zero-order chi connectivity index (χ0) is 27.4. The Morgan fingerprint density at radius 1 is 0.895 bits per heavy atom. The van der Waals surface area contributed by atoms with Gasteiger partial charge in [-0.2, -0.15) is 0 Å². The number of nitrogens with two attached hydrogens (primary N) is 1. The molecule has 0 heterocycles. The van der Waals surface area contributed by atoms with Crippen LogP contribution in [0.4, 0.5) is 5.69 Å². The number of anilines is 1. The fourth-order valence-corrected chi connectivity index (χ4v) is 6.07. The first kappa shape index (κ1) is 27.4. The van der Waals surface area contributed by atoms with Gasteiger partial charge in [0.05, 0.1) is 10.6 Å². The summed E-state index contributed by atoms with van der Waals surface area (Å²) in [5, 5.41) is 13.7. The summed E-state index contributed by atoms with van der Waals surface area (Å²) in [4.78, 5) is 24.4. The Labute approximate surface area is 229 Å². The maximum atomic E-state index is 13.4. The molecule has 0 aliphatic carbocycles. The largest absolute Gasteiger partial charge is 0.480 e. The van der Waals surface area contributed by atoms with Crippen molar-refractivity contribution in [2.24, 2.45) is 5.73 Å². The highest BCUT2D eigenvalue weighted by Crippen LogP contribution is 2.31. The minimum atomic E-state index is -4.34. The standard InChI is InChI=1S/C27H23Cl2N3O5S/c28-20-11-21(29)13-23(12-20)38(36,37)32(16-26(33)34)22-8-9-24-19(10-22)2-1-3-25(24)27(35)31-15-18-6-4-17(14-30)5-7-18/h1-13H,14-16,30H2,(H,31,35)(H,33,34). The van der Waals surface area contributed by atoms with Gasteiger partial charge in [-0.15, -0.1) is 0 Å². The monoisotopic (exact) mass is 571 g/mol. The second-order valence-corrected chi connectivity index (χ2v) is 11.2. The van der Waals surface area contributed by atoms with Crippen molar-refractivity contribution in [3.05, 3.63) is 106 Å². The van der Waals surface area contributed by atoms with E-state index in [1.807, 2.05) is 24.3 Å². The number of carboxylic acid groups (broad SMARTS) is 1. The van der Waals surface area contributed by atoms with Gasteiger partial charge in [0, 0.05) is 28.7 Å². The molecule has 0 spiro atoms. The quantitative estimate of drug-likeness (QED) is 0.264. The summed E-state index contributed by atoms with van der Waals surface area (Å²) >= 11 is 12.0. The highest BCUT2D eigenvalue weighted by molar-refractivity contribution is 7.92. The van der Waals surface area contributed by atoms with E-state index in [-0.39, 0.29) is 26.5 Å². The number of hydrogen-bond acceptors (Lipinski definition) is 5. The third kappa shape index (κ3) is 6.08. The van der Waals surface area contributed by atoms with Crippen LogP contribution in [0.1, 0.15) is 21.5 Å². The zero-order valence-corrected chi connectivity index (χ0v) is 22.2. The van der Waals surface area contributed by atoms with Crippen LogP contribution >= 0.6 is 23.2 Å². The highest BCUT2D eigenvalue weighted by atomic mass is 35.5. The number of rotatable bonds is 9. The van der Waals surface area contributed by atoms with Crippen LogP contribution in [0, 0.1) is 0 Å². The van der Waals surface area contributed by atoms with Gasteiger partial charge in [-0.05, 0) is 58.3 Å². The molecule has 0 bridgehead atoms. The van der Waals surface area contributed by atoms with Gasteiger partial charge in [-0.25, -0.2) is 8.42 Å². The lowest BCUT2D eigenvalue weighted by Crippen LogP contribution is -2.35. The van der Waals surface area contributed by atoms with Crippen LogP contribution in [-0.2, 0) is 27.9 Å². The number of sulfonamides is 1. The average molecular weight is 572 g/mol. The number of carboxylic acids is 1. The van der Waals surface area contributed by atoms with Gasteiger partial charge in [0.2, 0.25) is 0 Å². The summed E-state index contributed by atoms with van der Waals surface area (Å²) in [5.41, 5.74) is 8.02. The van der Waals surface area contributed by atoms with Crippen LogP contribution < -0.4 is 15.4 Å². The van der Waals surface area contributed by atoms with Crippen molar-refractivity contribution in [2.75, 3.05) is 10.8 Å². The van der Waals surface area contributed by atoms with Crippen molar-refractivity contribution in [2.45, 2.75) is 18.0 Å². The molecule has 1 amide bonds. The van der Waals surface area contributed by atoms with E-state index in [1.165, 1.54) is 30.3 Å². The molecule has 4 aromatic rings. The minimum Gasteiger partial charge on any atom is -0.480 e. The first-order valence-corrected chi connectivity index (χ1v) is 13.6. The SMILES string of the molecule is NCc1ccc(CNC(=O)c2cccc3cc(N(CC(=O)O)S(=O)(=O)c4cc(Cl)cc(Cl)c4)ccc23)cc1. The summed E-state index contributed by atoms with van der Waals surface area (Å²) < 4.78 is 27.6. The third-order valence-corrected chi connectivity index (χ3v) is 8.00. The Hall–Kier alpha value is -3.63. The number of nitrogens with zero attached hydrogens (tertiary/aromatic N) is 1. The normalized spacial score (nSPS) is 11.3. The summed E-state index contributed by atoms with van der Waals surface area (Å²) in [7, 11) is -4.34. The molecule has 0 unspecified atom stereocenters. The topological polar surface area (TPSA) is 130 Å². The van der Waals surface area contributed by atoms with E-state index < -0.39 is 22.5 Å². The number of benzene rings is 4. The fourth-order valence-electron chi connectivity index (χ4n) is 3.94. The first-order valence-electron chi connectivity index (χ1n) is 11.4. The van der Waals surface area contributed by atoms with E-state index in [1.54, 1.807) is 24.3 Å². The molecule has 38 heavy (non-hydrogen) atoms. The van der Waals surface area contributed by atoms with Crippen LogP contribution in [0.3, 0.4) is 0 Å². The zero-order valence-electron chi connectivity index (χ0n) is 19.9. The van der Waals surface area contributed by atoms with Crippen molar-refractivity contribution in [1.29, 1.82) is 0 Å². The van der Waals surface area contributed by atoms with Gasteiger partial charge in [0.15, 0.2) is 0 Å². The molecule has 4 N–H and O–H groups in total. The molecular weight excluding hydrogens is 549 g/mol. The highest BCUT2D eigenvalue weighted by Gasteiger charge is 2.28. The molecule has 8 nitrogen and oxygen atoms in total. The first-order chi connectivity index (χ1) is 18.1. The number of amides is 1. The fraction of sp³-hybridized carbons (Fsp3) is 0.111. The Morgan fingerprint density at radius 3 is 2.18 bits per heavy atom. The molecule has 0 fully saturated rings. The summed E-state index contributed by atoms with van der Waals surface area (Å²) in [5.74, 6) is -1.66. The number of carbonyl (C=O) groups excluding carboxylic acids is 1. The number of hydrogen-bond donors (Lipinski definition) is 3. The molecule has 0 saturated carbocycles. The molecule has 4 aromatic carbocycles. The van der Waals surface area contributed by atoms with Crippen molar-refractivity contribution < 1.29 is 23.1 Å². The molecule has 0 aliphatic heterocycles. The maximum Gasteiger partial charge on any atom is 0.324 e. The second-order valence-electron chi connectivity index (χ2n) is 8.42. The lowest BCUT2D eigenvalue weighted by atomic mass is 10.0. The summed E-state index contributed by atoms with van der Waals surface area (Å²) in [6.07, 6.45) is 0. The van der Waals surface area contributed by atoms with E-state index in [4.69, 9.17) is 28.9 Å². The Bertz CT molecular complexity index is 1610.